The van der Waals surface area contributed by atoms with Crippen LogP contribution in [0.15, 0.2) is 18.2 Å². The Labute approximate surface area is 204 Å². The molecule has 0 bridgehead atoms. The number of hydrogen-bond donors (Lipinski definition) is 0. The number of aryl methyl sites for hydroxylation is 1. The van der Waals surface area contributed by atoms with E-state index < -0.39 is 18.4 Å². The predicted octanol–water partition coefficient (Wildman–Crippen LogP) is 7.72. The van der Waals surface area contributed by atoms with Crippen molar-refractivity contribution < 1.29 is 4.43 Å². The summed E-state index contributed by atoms with van der Waals surface area (Å²) >= 11 is -2.63. The molecule has 2 radical (unpaired) electrons. The fraction of sp³-hybridized carbons (Fsp3) is 0.741. The summed E-state index contributed by atoms with van der Waals surface area (Å²) in [5.74, 6) is 0. The van der Waals surface area contributed by atoms with Crippen LogP contribution >= 0.6 is 0 Å². The Morgan fingerprint density at radius 1 is 0.906 bits per heavy atom. The molecule has 0 saturated carbocycles. The first-order valence-corrected chi connectivity index (χ1v) is 21.3. The third-order valence-electron chi connectivity index (χ3n) is 6.69. The average Bonchev–Trinajstić information content (AvgIpc) is 3.08. The second-order valence-corrected chi connectivity index (χ2v) is 26.1. The van der Waals surface area contributed by atoms with Crippen molar-refractivity contribution in [3.05, 3.63) is 23.8 Å². The van der Waals surface area contributed by atoms with Crippen LogP contribution < -0.4 is 3.71 Å². The molecule has 0 N–H and O–H groups in total. The first kappa shape index (κ1) is 27.9. The van der Waals surface area contributed by atoms with Crippen LogP contribution in [0.3, 0.4) is 0 Å². The van der Waals surface area contributed by atoms with Crippen molar-refractivity contribution in [2.24, 2.45) is 7.05 Å². The van der Waals surface area contributed by atoms with E-state index in [-0.39, 0.29) is 10.6 Å². The van der Waals surface area contributed by atoms with Crippen LogP contribution in [0.4, 0.5) is 0 Å². The Morgan fingerprint density at radius 2 is 1.44 bits per heavy atom. The first-order chi connectivity index (χ1) is 15.0. The molecule has 0 aliphatic rings. The molecule has 1 heterocycles. The van der Waals surface area contributed by atoms with E-state index in [2.05, 4.69) is 85.3 Å². The molecule has 0 aliphatic carbocycles. The van der Waals surface area contributed by atoms with E-state index in [0.717, 1.165) is 0 Å². The number of rotatable bonds is 13. The van der Waals surface area contributed by atoms with Gasteiger partial charge in [0.05, 0.1) is 0 Å². The molecule has 2 aromatic rings. The summed E-state index contributed by atoms with van der Waals surface area (Å²) < 4.78 is 14.5. The van der Waals surface area contributed by atoms with E-state index in [1.54, 1.807) is 3.71 Å². The van der Waals surface area contributed by atoms with Gasteiger partial charge in [-0.2, -0.15) is 0 Å². The van der Waals surface area contributed by atoms with Gasteiger partial charge in [-0.1, -0.05) is 0 Å². The molecule has 0 unspecified atom stereocenters. The number of fused-ring (bicyclic) bond motifs is 1. The summed E-state index contributed by atoms with van der Waals surface area (Å²) in [6.07, 6.45) is 7.97. The number of aromatic nitrogens is 2. The van der Waals surface area contributed by atoms with Crippen molar-refractivity contribution in [1.29, 1.82) is 0 Å². The van der Waals surface area contributed by atoms with Gasteiger partial charge in [0.25, 0.3) is 0 Å². The van der Waals surface area contributed by atoms with Crippen LogP contribution in [0.2, 0.25) is 18.3 Å². The van der Waals surface area contributed by atoms with E-state index >= 15 is 0 Å². The molecule has 180 valence electrons. The molecule has 0 aliphatic heterocycles. The second-order valence-electron chi connectivity index (χ2n) is 11.3. The molecular formula is C27H48N2OSiSn. The van der Waals surface area contributed by atoms with Crippen LogP contribution in [0.25, 0.3) is 10.9 Å². The predicted molar refractivity (Wildman–Crippen MR) is 145 cm³/mol. The molecule has 0 atom stereocenters. The number of benzene rings is 1. The molecular weight excluding hydrogens is 515 g/mol. The van der Waals surface area contributed by atoms with Gasteiger partial charge in [0, 0.05) is 0 Å². The van der Waals surface area contributed by atoms with E-state index in [4.69, 9.17) is 9.52 Å². The zero-order valence-electron chi connectivity index (χ0n) is 22.4. The summed E-state index contributed by atoms with van der Waals surface area (Å²) in [4.78, 5) is 0. The number of nitrogens with zero attached hydrogens (tertiary/aromatic N) is 2. The van der Waals surface area contributed by atoms with Crippen LogP contribution in [0, 0.1) is 0 Å². The average molecular weight is 563 g/mol. The van der Waals surface area contributed by atoms with Gasteiger partial charge >= 0.3 is 206 Å². The van der Waals surface area contributed by atoms with Crippen molar-refractivity contribution in [2.45, 2.75) is 118 Å². The topological polar surface area (TPSA) is 27.1 Å². The van der Waals surface area contributed by atoms with Crippen LogP contribution in [0.1, 0.15) is 99.5 Å². The quantitative estimate of drug-likeness (QED) is 0.234. The van der Waals surface area contributed by atoms with E-state index in [9.17, 15) is 0 Å². The summed E-state index contributed by atoms with van der Waals surface area (Å²) in [5.41, 5.74) is 2.29. The summed E-state index contributed by atoms with van der Waals surface area (Å²) in [5, 5.41) is 6.92. The molecule has 0 saturated heterocycles. The zero-order chi connectivity index (χ0) is 24.0. The standard InChI is InChI=1S/C15H21N2OSi.3C4H9.Sn/c1-14(2,3)19-18-15(4,5)12-7-8-13-11(9-12)10-16-17(13)6;3*1-3-4-2;/h7-9H,1-6H3;3*1,3-4H2,2H3;. The third-order valence-corrected chi connectivity index (χ3v) is 23.1. The van der Waals surface area contributed by atoms with Gasteiger partial charge in [-0.3, -0.25) is 0 Å². The van der Waals surface area contributed by atoms with Crippen LogP contribution in [-0.4, -0.2) is 37.9 Å². The molecule has 1 aromatic heterocycles. The molecule has 2 rings (SSSR count). The number of hydrogen-bond acceptors (Lipinski definition) is 2. The normalized spacial score (nSPS) is 13.3. The SMILES string of the molecule is CCC[CH2][Sn]([CH2]CCC)([CH2]CCC)[c]1nn(C)c2ccc(C(C)(C)O[Si]C(C)(C)C)cc12. The Balaban J connectivity index is 2.59. The monoisotopic (exact) mass is 564 g/mol. The molecule has 32 heavy (non-hydrogen) atoms. The van der Waals surface area contributed by atoms with Crippen LogP contribution in [-0.2, 0) is 17.1 Å². The van der Waals surface area contributed by atoms with Gasteiger partial charge in [-0.25, -0.2) is 0 Å². The van der Waals surface area contributed by atoms with Gasteiger partial charge in [0.1, 0.15) is 0 Å². The maximum absolute atomic E-state index is 6.47. The first-order valence-electron chi connectivity index (χ1n) is 12.9. The van der Waals surface area contributed by atoms with E-state index in [1.165, 1.54) is 68.3 Å². The summed E-state index contributed by atoms with van der Waals surface area (Å²) in [6.45, 7) is 18.3. The Kier molecular flexibility index (Phi) is 10.4. The molecule has 0 spiro atoms. The van der Waals surface area contributed by atoms with Crippen LogP contribution in [0.5, 0.6) is 0 Å². The minimum absolute atomic E-state index is 0.187. The molecule has 0 amide bonds. The zero-order valence-corrected chi connectivity index (χ0v) is 26.3. The molecule has 5 heteroatoms. The van der Waals surface area contributed by atoms with Gasteiger partial charge in [-0.15, -0.1) is 0 Å². The molecule has 0 fully saturated rings. The van der Waals surface area contributed by atoms with Gasteiger partial charge in [-0.05, 0) is 0 Å². The fourth-order valence-electron chi connectivity index (χ4n) is 4.65. The number of unbranched alkanes of at least 4 members (excludes halogenated alkanes) is 3. The van der Waals surface area contributed by atoms with Gasteiger partial charge < -0.3 is 0 Å². The minimum atomic E-state index is -2.63. The van der Waals surface area contributed by atoms with E-state index in [0.29, 0.717) is 9.76 Å². The molecule has 3 nitrogen and oxygen atoms in total. The van der Waals surface area contributed by atoms with Gasteiger partial charge in [0.15, 0.2) is 0 Å². The van der Waals surface area contributed by atoms with E-state index in [1.807, 2.05) is 0 Å². The van der Waals surface area contributed by atoms with Crippen molar-refractivity contribution in [1.82, 2.24) is 9.78 Å². The Bertz CT molecular complexity index is 831. The van der Waals surface area contributed by atoms with Crippen molar-refractivity contribution >= 4 is 42.8 Å². The Hall–Kier alpha value is -0.334. The Morgan fingerprint density at radius 3 is 1.91 bits per heavy atom. The third kappa shape index (κ3) is 7.08. The summed E-state index contributed by atoms with van der Waals surface area (Å²) in [7, 11) is 2.62. The molecule has 1 aromatic carbocycles. The van der Waals surface area contributed by atoms with Crippen molar-refractivity contribution in [3.63, 3.8) is 0 Å². The maximum atomic E-state index is 6.47. The fourth-order valence-corrected chi connectivity index (χ4v) is 21.6. The van der Waals surface area contributed by atoms with Gasteiger partial charge in [0.2, 0.25) is 0 Å². The van der Waals surface area contributed by atoms with Crippen molar-refractivity contribution in [2.75, 3.05) is 0 Å². The summed E-state index contributed by atoms with van der Waals surface area (Å²) in [6, 6.07) is 7.01. The second kappa shape index (κ2) is 11.9. The van der Waals surface area contributed by atoms with Crippen molar-refractivity contribution in [3.8, 4) is 0 Å².